The van der Waals surface area contributed by atoms with E-state index in [1.165, 1.54) is 45.6 Å². The van der Waals surface area contributed by atoms with Crippen LogP contribution in [0.2, 0.25) is 0 Å². The quantitative estimate of drug-likeness (QED) is 0.717. The predicted octanol–water partition coefficient (Wildman–Crippen LogP) is 3.47. The lowest BCUT2D eigenvalue weighted by molar-refractivity contribution is -0.00389. The maximum atomic E-state index is 2.72. The molecule has 0 radical (unpaired) electrons. The Kier molecular flexibility index (Phi) is 4.32. The third-order valence-electron chi connectivity index (χ3n) is 4.85. The minimum Gasteiger partial charge on any atom is -0.302 e. The Morgan fingerprint density at radius 2 is 1.47 bits per heavy atom. The van der Waals surface area contributed by atoms with Crippen molar-refractivity contribution in [2.75, 3.05) is 32.7 Å². The van der Waals surface area contributed by atoms with Crippen molar-refractivity contribution < 1.29 is 0 Å². The number of hydrogen-bond acceptors (Lipinski definition) is 2. The summed E-state index contributed by atoms with van der Waals surface area (Å²) in [5, 5.41) is 0. The molecule has 0 aromatic rings. The second-order valence-corrected chi connectivity index (χ2v) is 9.01. The van der Waals surface area contributed by atoms with E-state index < -0.39 is 0 Å². The largest absolute Gasteiger partial charge is 0.302 e. The third-order valence-corrected chi connectivity index (χ3v) is 4.85. The summed E-state index contributed by atoms with van der Waals surface area (Å²) >= 11 is 0. The molecule has 2 heterocycles. The zero-order valence-corrected chi connectivity index (χ0v) is 14.0. The second kappa shape index (κ2) is 5.37. The minimum absolute atomic E-state index is 0.345. The van der Waals surface area contributed by atoms with Gasteiger partial charge in [-0.05, 0) is 64.0 Å². The first kappa shape index (κ1) is 15.3. The lowest BCUT2D eigenvalue weighted by atomic mass is 9.78. The van der Waals surface area contributed by atoms with E-state index in [1.54, 1.807) is 0 Å². The molecule has 0 aliphatic carbocycles. The number of rotatable bonds is 1. The molecule has 0 aromatic heterocycles. The van der Waals surface area contributed by atoms with E-state index in [9.17, 15) is 0 Å². The summed E-state index contributed by atoms with van der Waals surface area (Å²) < 4.78 is 0. The Hall–Kier alpha value is -0.0800. The maximum absolute atomic E-state index is 2.72. The van der Waals surface area contributed by atoms with Crippen molar-refractivity contribution in [3.8, 4) is 0 Å². The van der Waals surface area contributed by atoms with Crippen LogP contribution in [0.15, 0.2) is 0 Å². The van der Waals surface area contributed by atoms with Gasteiger partial charge in [-0.25, -0.2) is 0 Å². The second-order valence-electron chi connectivity index (χ2n) is 9.01. The zero-order chi connectivity index (χ0) is 14.3. The van der Waals surface area contributed by atoms with Gasteiger partial charge in [-0.1, -0.05) is 20.8 Å². The summed E-state index contributed by atoms with van der Waals surface area (Å²) in [6.45, 7) is 20.7. The molecule has 2 fully saturated rings. The van der Waals surface area contributed by atoms with Gasteiger partial charge < -0.3 is 4.90 Å². The van der Waals surface area contributed by atoms with Gasteiger partial charge in [0.15, 0.2) is 0 Å². The van der Waals surface area contributed by atoms with Crippen LogP contribution in [-0.2, 0) is 0 Å². The monoisotopic (exact) mass is 266 g/mol. The molecule has 2 heteroatoms. The molecule has 112 valence electrons. The number of nitrogens with zero attached hydrogens (tertiary/aromatic N) is 2. The van der Waals surface area contributed by atoms with Crippen LogP contribution < -0.4 is 0 Å². The molecule has 2 unspecified atom stereocenters. The van der Waals surface area contributed by atoms with E-state index in [0.29, 0.717) is 11.0 Å². The van der Waals surface area contributed by atoms with Crippen LogP contribution >= 0.6 is 0 Å². The Morgan fingerprint density at radius 3 is 2.05 bits per heavy atom. The van der Waals surface area contributed by atoms with Gasteiger partial charge >= 0.3 is 0 Å². The Balaban J connectivity index is 1.93. The normalized spacial score (nSPS) is 31.3. The Morgan fingerprint density at radius 1 is 0.842 bits per heavy atom. The van der Waals surface area contributed by atoms with Gasteiger partial charge in [0, 0.05) is 25.2 Å². The highest BCUT2D eigenvalue weighted by molar-refractivity contribution is 4.91. The van der Waals surface area contributed by atoms with Crippen LogP contribution in [-0.4, -0.2) is 48.1 Å². The summed E-state index contributed by atoms with van der Waals surface area (Å²) in [7, 11) is 0. The van der Waals surface area contributed by atoms with E-state index in [0.717, 1.165) is 11.8 Å². The van der Waals surface area contributed by atoms with Gasteiger partial charge in [-0.3, -0.25) is 4.90 Å². The highest BCUT2D eigenvalue weighted by Crippen LogP contribution is 2.34. The molecule has 19 heavy (non-hydrogen) atoms. The lowest BCUT2D eigenvalue weighted by Crippen LogP contribution is -2.55. The Labute approximate surface area is 120 Å². The number of likely N-dealkylation sites (tertiary alicyclic amines) is 2. The SMILES string of the molecule is CC(C)(C)CN1CCC2CCN(C(C)(C)C)CC2C1. The van der Waals surface area contributed by atoms with Crippen LogP contribution in [0.5, 0.6) is 0 Å². The summed E-state index contributed by atoms with van der Waals surface area (Å²) in [6, 6.07) is 0. The fourth-order valence-electron chi connectivity index (χ4n) is 3.86. The Bertz CT molecular complexity index is 297. The van der Waals surface area contributed by atoms with Crippen LogP contribution in [0.25, 0.3) is 0 Å². The molecule has 2 saturated heterocycles. The van der Waals surface area contributed by atoms with Crippen LogP contribution in [0.1, 0.15) is 54.4 Å². The molecule has 0 aromatic carbocycles. The van der Waals surface area contributed by atoms with Crippen molar-refractivity contribution in [3.05, 3.63) is 0 Å². The van der Waals surface area contributed by atoms with E-state index in [1.807, 2.05) is 0 Å². The van der Waals surface area contributed by atoms with E-state index in [4.69, 9.17) is 0 Å². The summed E-state index contributed by atoms with van der Waals surface area (Å²) in [5.41, 5.74) is 0.780. The van der Waals surface area contributed by atoms with E-state index >= 15 is 0 Å². The van der Waals surface area contributed by atoms with Crippen LogP contribution in [0.3, 0.4) is 0 Å². The first-order valence-electron chi connectivity index (χ1n) is 8.12. The lowest BCUT2D eigenvalue weighted by Gasteiger charge is -2.49. The molecule has 2 rings (SSSR count). The molecule has 0 bridgehead atoms. The smallest absolute Gasteiger partial charge is 0.0125 e. The van der Waals surface area contributed by atoms with Crippen LogP contribution in [0.4, 0.5) is 0 Å². The molecular weight excluding hydrogens is 232 g/mol. The van der Waals surface area contributed by atoms with Crippen molar-refractivity contribution in [3.63, 3.8) is 0 Å². The summed E-state index contributed by atoms with van der Waals surface area (Å²) in [6.07, 6.45) is 2.85. The first-order valence-corrected chi connectivity index (χ1v) is 8.12. The molecular formula is C17H34N2. The average Bonchev–Trinajstić information content (AvgIpc) is 2.24. The summed E-state index contributed by atoms with van der Waals surface area (Å²) in [5.74, 6) is 1.90. The number of hydrogen-bond donors (Lipinski definition) is 0. The van der Waals surface area contributed by atoms with Crippen molar-refractivity contribution in [1.29, 1.82) is 0 Å². The highest BCUT2D eigenvalue weighted by Gasteiger charge is 2.37. The van der Waals surface area contributed by atoms with Gasteiger partial charge in [0.1, 0.15) is 0 Å². The molecule has 2 nitrogen and oxygen atoms in total. The number of piperidine rings is 2. The zero-order valence-electron chi connectivity index (χ0n) is 14.0. The van der Waals surface area contributed by atoms with Crippen molar-refractivity contribution in [2.24, 2.45) is 17.3 Å². The van der Waals surface area contributed by atoms with Crippen molar-refractivity contribution in [2.45, 2.75) is 59.9 Å². The van der Waals surface area contributed by atoms with Gasteiger partial charge in [-0.2, -0.15) is 0 Å². The standard InChI is InChI=1S/C17H34N2/c1-16(2,3)13-18-9-7-14-8-10-19(17(4,5)6)12-15(14)11-18/h14-15H,7-13H2,1-6H3. The molecule has 0 N–H and O–H groups in total. The van der Waals surface area contributed by atoms with Gasteiger partial charge in [0.25, 0.3) is 0 Å². The molecule has 2 atom stereocenters. The minimum atomic E-state index is 0.345. The fourth-order valence-corrected chi connectivity index (χ4v) is 3.86. The van der Waals surface area contributed by atoms with Gasteiger partial charge in [0.2, 0.25) is 0 Å². The van der Waals surface area contributed by atoms with Gasteiger partial charge in [-0.15, -0.1) is 0 Å². The average molecular weight is 266 g/mol. The van der Waals surface area contributed by atoms with E-state index in [2.05, 4.69) is 51.3 Å². The molecule has 0 amide bonds. The maximum Gasteiger partial charge on any atom is 0.0125 e. The summed E-state index contributed by atoms with van der Waals surface area (Å²) in [4.78, 5) is 5.42. The topological polar surface area (TPSA) is 6.48 Å². The fraction of sp³-hybridized carbons (Fsp3) is 1.00. The van der Waals surface area contributed by atoms with Crippen LogP contribution in [0, 0.1) is 17.3 Å². The van der Waals surface area contributed by atoms with Crippen molar-refractivity contribution in [1.82, 2.24) is 9.80 Å². The molecule has 0 spiro atoms. The van der Waals surface area contributed by atoms with Crippen molar-refractivity contribution >= 4 is 0 Å². The number of fused-ring (bicyclic) bond motifs is 1. The van der Waals surface area contributed by atoms with Gasteiger partial charge in [0.05, 0.1) is 0 Å². The molecule has 0 saturated carbocycles. The first-order chi connectivity index (χ1) is 8.65. The molecule has 2 aliphatic heterocycles. The highest BCUT2D eigenvalue weighted by atomic mass is 15.2. The third kappa shape index (κ3) is 4.19. The predicted molar refractivity (Wildman–Crippen MR) is 83.4 cm³/mol. The molecule has 2 aliphatic rings. The van der Waals surface area contributed by atoms with E-state index in [-0.39, 0.29) is 0 Å².